The molecule has 0 bridgehead atoms. The van der Waals surface area contributed by atoms with Crippen LogP contribution in [-0.2, 0) is 11.2 Å². The van der Waals surface area contributed by atoms with Crippen molar-refractivity contribution in [1.29, 1.82) is 0 Å². The summed E-state index contributed by atoms with van der Waals surface area (Å²) in [7, 11) is 0. The standard InChI is InChI=1S/C17H19F4N3O2.ClH/c18-12-1-2-13-11(10-26-14(13)8-12)7-16(25)23-9-15(17(19,20)21)24-5-3-22-4-6-24;/h1-2,8,10,15,22H,3-7,9H2,(H,23,25);1H. The predicted molar refractivity (Wildman–Crippen MR) is 94.4 cm³/mol. The molecule has 0 saturated carbocycles. The molecule has 1 fully saturated rings. The van der Waals surface area contributed by atoms with Gasteiger partial charge in [0.05, 0.1) is 12.7 Å². The molecule has 0 spiro atoms. The van der Waals surface area contributed by atoms with Crippen molar-refractivity contribution in [3.05, 3.63) is 35.8 Å². The zero-order chi connectivity index (χ0) is 18.7. The maximum Gasteiger partial charge on any atom is 0.405 e. The number of carbonyl (C=O) groups excluding carboxylic acids is 1. The minimum atomic E-state index is -4.43. The second-order valence-electron chi connectivity index (χ2n) is 6.23. The van der Waals surface area contributed by atoms with Gasteiger partial charge in [-0.05, 0) is 12.1 Å². The average Bonchev–Trinajstić information content (AvgIpc) is 2.96. The monoisotopic (exact) mass is 409 g/mol. The Morgan fingerprint density at radius 2 is 2.00 bits per heavy atom. The van der Waals surface area contributed by atoms with Crippen LogP contribution in [0.25, 0.3) is 11.0 Å². The van der Waals surface area contributed by atoms with Gasteiger partial charge < -0.3 is 15.1 Å². The number of hydrogen-bond donors (Lipinski definition) is 2. The van der Waals surface area contributed by atoms with Crippen molar-refractivity contribution >= 4 is 29.3 Å². The lowest BCUT2D eigenvalue weighted by Crippen LogP contribution is -2.57. The summed E-state index contributed by atoms with van der Waals surface area (Å²) in [5, 5.41) is 5.93. The molecule has 2 N–H and O–H groups in total. The van der Waals surface area contributed by atoms with Crippen LogP contribution < -0.4 is 10.6 Å². The maximum absolute atomic E-state index is 13.3. The van der Waals surface area contributed by atoms with Gasteiger partial charge in [0.1, 0.15) is 17.4 Å². The number of amides is 1. The van der Waals surface area contributed by atoms with E-state index in [1.807, 2.05) is 0 Å². The molecular formula is C17H20ClF4N3O2. The first kappa shape index (κ1) is 21.5. The molecule has 2 heterocycles. The van der Waals surface area contributed by atoms with Gasteiger partial charge in [0.2, 0.25) is 5.91 Å². The highest BCUT2D eigenvalue weighted by molar-refractivity contribution is 5.87. The van der Waals surface area contributed by atoms with Gasteiger partial charge in [-0.3, -0.25) is 9.69 Å². The first-order valence-corrected chi connectivity index (χ1v) is 8.28. The normalized spacial score (nSPS) is 16.7. The van der Waals surface area contributed by atoms with Crippen LogP contribution in [0.5, 0.6) is 0 Å². The van der Waals surface area contributed by atoms with Crippen molar-refractivity contribution < 1.29 is 26.8 Å². The summed E-state index contributed by atoms with van der Waals surface area (Å²) in [5.41, 5.74) is 0.796. The maximum atomic E-state index is 13.3. The van der Waals surface area contributed by atoms with Crippen molar-refractivity contribution in [2.24, 2.45) is 0 Å². The van der Waals surface area contributed by atoms with E-state index in [0.29, 0.717) is 29.6 Å². The molecule has 10 heteroatoms. The molecule has 3 rings (SSSR count). The number of halogens is 5. The Balaban J connectivity index is 0.00000261. The van der Waals surface area contributed by atoms with Gasteiger partial charge in [0.15, 0.2) is 0 Å². The lowest BCUT2D eigenvalue weighted by molar-refractivity contribution is -0.184. The lowest BCUT2D eigenvalue weighted by atomic mass is 10.1. The number of alkyl halides is 3. The van der Waals surface area contributed by atoms with E-state index >= 15 is 0 Å². The number of hydrogen-bond acceptors (Lipinski definition) is 4. The highest BCUT2D eigenvalue weighted by atomic mass is 35.5. The second kappa shape index (κ2) is 8.90. The van der Waals surface area contributed by atoms with Gasteiger partial charge in [-0.25, -0.2) is 4.39 Å². The number of piperazine rings is 1. The van der Waals surface area contributed by atoms with Crippen molar-refractivity contribution in [3.63, 3.8) is 0 Å². The molecule has 150 valence electrons. The molecule has 5 nitrogen and oxygen atoms in total. The summed E-state index contributed by atoms with van der Waals surface area (Å²) >= 11 is 0. The summed E-state index contributed by atoms with van der Waals surface area (Å²) < 4.78 is 58.3. The Hall–Kier alpha value is -1.84. The number of nitrogens with zero attached hydrogens (tertiary/aromatic N) is 1. The van der Waals surface area contributed by atoms with Gasteiger partial charge >= 0.3 is 6.18 Å². The van der Waals surface area contributed by atoms with E-state index in [-0.39, 0.29) is 31.9 Å². The molecule has 1 aromatic carbocycles. The first-order valence-electron chi connectivity index (χ1n) is 8.28. The minimum absolute atomic E-state index is 0. The highest BCUT2D eigenvalue weighted by Crippen LogP contribution is 2.25. The van der Waals surface area contributed by atoms with Gasteiger partial charge in [-0.2, -0.15) is 13.2 Å². The van der Waals surface area contributed by atoms with Gasteiger partial charge in [-0.15, -0.1) is 12.4 Å². The molecule has 1 aromatic heterocycles. The van der Waals surface area contributed by atoms with E-state index in [4.69, 9.17) is 4.42 Å². The molecule has 1 aliphatic rings. The van der Waals surface area contributed by atoms with Gasteiger partial charge in [0.25, 0.3) is 0 Å². The summed E-state index contributed by atoms with van der Waals surface area (Å²) in [4.78, 5) is 13.4. The number of carbonyl (C=O) groups is 1. The van der Waals surface area contributed by atoms with Gasteiger partial charge in [-0.1, -0.05) is 0 Å². The van der Waals surface area contributed by atoms with Crippen LogP contribution in [-0.4, -0.2) is 55.7 Å². The number of nitrogens with one attached hydrogen (secondary N) is 2. The Kier molecular flexibility index (Phi) is 7.07. The zero-order valence-corrected chi connectivity index (χ0v) is 15.1. The van der Waals surface area contributed by atoms with E-state index in [0.717, 1.165) is 0 Å². The van der Waals surface area contributed by atoms with Crippen molar-refractivity contribution in [3.8, 4) is 0 Å². The highest BCUT2D eigenvalue weighted by Gasteiger charge is 2.43. The van der Waals surface area contributed by atoms with E-state index in [9.17, 15) is 22.4 Å². The third-order valence-electron chi connectivity index (χ3n) is 4.43. The molecular weight excluding hydrogens is 390 g/mol. The topological polar surface area (TPSA) is 57.5 Å². The third-order valence-corrected chi connectivity index (χ3v) is 4.43. The Labute approximate surface area is 159 Å². The Bertz CT molecular complexity index is 775. The molecule has 1 saturated heterocycles. The quantitative estimate of drug-likeness (QED) is 0.745. The Morgan fingerprint density at radius 1 is 1.30 bits per heavy atom. The number of rotatable bonds is 5. The smallest absolute Gasteiger partial charge is 0.405 e. The fraction of sp³-hybridized carbons (Fsp3) is 0.471. The van der Waals surface area contributed by atoms with E-state index in [2.05, 4.69) is 10.6 Å². The van der Waals surface area contributed by atoms with E-state index < -0.39 is 30.5 Å². The summed E-state index contributed by atoms with van der Waals surface area (Å²) in [6, 6.07) is 2.20. The van der Waals surface area contributed by atoms with Crippen LogP contribution in [0, 0.1) is 5.82 Å². The molecule has 2 aromatic rings. The fourth-order valence-corrected chi connectivity index (χ4v) is 3.09. The van der Waals surface area contributed by atoms with Crippen LogP contribution in [0.3, 0.4) is 0 Å². The summed E-state index contributed by atoms with van der Waals surface area (Å²) in [5.74, 6) is -1.01. The first-order chi connectivity index (χ1) is 12.3. The molecule has 1 aliphatic heterocycles. The third kappa shape index (κ3) is 5.33. The minimum Gasteiger partial charge on any atom is -0.464 e. The molecule has 1 atom stereocenters. The predicted octanol–water partition coefficient (Wildman–Crippen LogP) is 2.49. The number of fused-ring (bicyclic) bond motifs is 1. The largest absolute Gasteiger partial charge is 0.464 e. The Morgan fingerprint density at radius 3 is 2.67 bits per heavy atom. The van der Waals surface area contributed by atoms with E-state index in [1.165, 1.54) is 29.4 Å². The molecule has 27 heavy (non-hydrogen) atoms. The second-order valence-corrected chi connectivity index (χ2v) is 6.23. The van der Waals surface area contributed by atoms with Crippen LogP contribution >= 0.6 is 12.4 Å². The van der Waals surface area contributed by atoms with Crippen molar-refractivity contribution in [2.75, 3.05) is 32.7 Å². The lowest BCUT2D eigenvalue weighted by Gasteiger charge is -2.35. The van der Waals surface area contributed by atoms with E-state index in [1.54, 1.807) is 0 Å². The summed E-state index contributed by atoms with van der Waals surface area (Å²) in [6.45, 7) is 1.01. The number of furan rings is 1. The molecule has 0 aliphatic carbocycles. The van der Waals surface area contributed by atoms with Crippen LogP contribution in [0.1, 0.15) is 5.56 Å². The van der Waals surface area contributed by atoms with Crippen molar-refractivity contribution in [2.45, 2.75) is 18.6 Å². The SMILES string of the molecule is Cl.O=C(Cc1coc2cc(F)ccc12)NCC(N1CCNCC1)C(F)(F)F. The zero-order valence-electron chi connectivity index (χ0n) is 14.3. The average molecular weight is 410 g/mol. The van der Waals surface area contributed by atoms with Crippen molar-refractivity contribution in [1.82, 2.24) is 15.5 Å². The summed E-state index contributed by atoms with van der Waals surface area (Å²) in [6.07, 6.45) is -3.24. The fourth-order valence-electron chi connectivity index (χ4n) is 3.09. The number of benzene rings is 1. The van der Waals surface area contributed by atoms with Crippen LogP contribution in [0.2, 0.25) is 0 Å². The van der Waals surface area contributed by atoms with Gasteiger partial charge in [0, 0.05) is 49.7 Å². The molecule has 1 unspecified atom stereocenters. The van der Waals surface area contributed by atoms with Crippen LogP contribution in [0.15, 0.2) is 28.9 Å². The molecule has 1 amide bonds. The molecule has 0 radical (unpaired) electrons. The van der Waals surface area contributed by atoms with Crippen LogP contribution in [0.4, 0.5) is 17.6 Å².